The lowest BCUT2D eigenvalue weighted by Gasteiger charge is -2.06. The van der Waals surface area contributed by atoms with E-state index in [1.165, 1.54) is 12.1 Å². The van der Waals surface area contributed by atoms with Crippen LogP contribution in [0.5, 0.6) is 0 Å². The third-order valence-electron chi connectivity index (χ3n) is 2.01. The minimum Gasteiger partial charge on any atom is -0.394 e. The van der Waals surface area contributed by atoms with Crippen LogP contribution in [0.3, 0.4) is 0 Å². The van der Waals surface area contributed by atoms with Crippen LogP contribution in [0.1, 0.15) is 16.9 Å². The number of aromatic nitrogens is 1. The number of amides is 1. The summed E-state index contributed by atoms with van der Waals surface area (Å²) in [6, 6.07) is 3.04. The van der Waals surface area contributed by atoms with Gasteiger partial charge in [0, 0.05) is 13.2 Å². The summed E-state index contributed by atoms with van der Waals surface area (Å²) < 4.78 is 5.05. The molecule has 1 aromatic heterocycles. The fraction of sp³-hybridized carbons (Fsp3) is 0.455. The highest BCUT2D eigenvalue weighted by Gasteiger charge is 2.11. The highest BCUT2D eigenvalue weighted by atomic mass is 35.5. The van der Waals surface area contributed by atoms with Crippen LogP contribution < -0.4 is 5.32 Å². The maximum Gasteiger partial charge on any atom is 0.271 e. The summed E-state index contributed by atoms with van der Waals surface area (Å²) in [6.07, 6.45) is 0.643. The second-order valence-electron chi connectivity index (χ2n) is 3.41. The Balaban J connectivity index is 2.34. The molecular formula is C11H14Cl2N2O3. The molecule has 2 N–H and O–H groups in total. The number of pyridine rings is 1. The first-order chi connectivity index (χ1) is 8.65. The third kappa shape index (κ3) is 5.18. The fourth-order valence-corrected chi connectivity index (χ4v) is 1.54. The number of carbonyl (C=O) groups is 1. The van der Waals surface area contributed by atoms with Gasteiger partial charge in [-0.2, -0.15) is 0 Å². The molecule has 0 atom stereocenters. The highest BCUT2D eigenvalue weighted by molar-refractivity contribution is 6.34. The average molecular weight is 293 g/mol. The van der Waals surface area contributed by atoms with Crippen molar-refractivity contribution in [3.05, 3.63) is 28.0 Å². The molecule has 0 fully saturated rings. The Bertz CT molecular complexity index is 402. The van der Waals surface area contributed by atoms with Gasteiger partial charge in [0.1, 0.15) is 10.8 Å². The van der Waals surface area contributed by atoms with E-state index in [-0.39, 0.29) is 28.4 Å². The SMILES string of the molecule is O=C(NCCCOCCO)c1nc(Cl)ccc1Cl. The van der Waals surface area contributed by atoms with E-state index in [4.69, 9.17) is 33.0 Å². The standard InChI is InChI=1S/C11H14Cl2N2O3/c12-8-2-3-9(13)15-10(8)11(17)14-4-1-6-18-7-5-16/h2-3,16H,1,4-7H2,(H,14,17). The van der Waals surface area contributed by atoms with Crippen molar-refractivity contribution in [2.75, 3.05) is 26.4 Å². The van der Waals surface area contributed by atoms with E-state index in [0.29, 0.717) is 26.2 Å². The normalized spacial score (nSPS) is 10.4. The lowest BCUT2D eigenvalue weighted by molar-refractivity contribution is 0.0866. The number of rotatable bonds is 7. The Morgan fingerprint density at radius 3 is 2.89 bits per heavy atom. The number of hydrogen-bond acceptors (Lipinski definition) is 4. The quantitative estimate of drug-likeness (QED) is 0.590. The Kier molecular flexibility index (Phi) is 6.97. The number of ether oxygens (including phenoxy) is 1. The highest BCUT2D eigenvalue weighted by Crippen LogP contribution is 2.16. The molecule has 0 saturated heterocycles. The van der Waals surface area contributed by atoms with E-state index >= 15 is 0 Å². The average Bonchev–Trinajstić information content (AvgIpc) is 2.36. The number of halogens is 2. The van der Waals surface area contributed by atoms with Crippen LogP contribution in [0, 0.1) is 0 Å². The molecule has 5 nitrogen and oxygen atoms in total. The van der Waals surface area contributed by atoms with Gasteiger partial charge in [-0.25, -0.2) is 4.98 Å². The summed E-state index contributed by atoms with van der Waals surface area (Å²) in [5.41, 5.74) is 0.112. The maximum atomic E-state index is 11.7. The molecule has 0 aliphatic carbocycles. The fourth-order valence-electron chi connectivity index (χ4n) is 1.20. The Morgan fingerprint density at radius 1 is 1.39 bits per heavy atom. The molecule has 0 unspecified atom stereocenters. The largest absolute Gasteiger partial charge is 0.394 e. The van der Waals surface area contributed by atoms with E-state index in [0.717, 1.165) is 0 Å². The second kappa shape index (κ2) is 8.26. The van der Waals surface area contributed by atoms with Crippen LogP contribution in [-0.2, 0) is 4.74 Å². The minimum absolute atomic E-state index is 0.00555. The van der Waals surface area contributed by atoms with Crippen molar-refractivity contribution in [2.24, 2.45) is 0 Å². The lowest BCUT2D eigenvalue weighted by Crippen LogP contribution is -2.26. The summed E-state index contributed by atoms with van der Waals surface area (Å²) in [7, 11) is 0. The molecule has 0 spiro atoms. The molecule has 1 aromatic rings. The molecule has 0 saturated carbocycles. The Morgan fingerprint density at radius 2 is 2.17 bits per heavy atom. The summed E-state index contributed by atoms with van der Waals surface area (Å²) in [4.78, 5) is 15.6. The molecule has 0 bridgehead atoms. The molecule has 1 rings (SSSR count). The van der Waals surface area contributed by atoms with Gasteiger partial charge in [-0.1, -0.05) is 23.2 Å². The van der Waals surface area contributed by atoms with E-state index in [1.807, 2.05) is 0 Å². The summed E-state index contributed by atoms with van der Waals surface area (Å²) in [6.45, 7) is 1.20. The molecule has 18 heavy (non-hydrogen) atoms. The summed E-state index contributed by atoms with van der Waals surface area (Å²) in [5.74, 6) is -0.371. The van der Waals surface area contributed by atoms with Gasteiger partial charge in [0.15, 0.2) is 0 Å². The summed E-state index contributed by atoms with van der Waals surface area (Å²) in [5, 5.41) is 11.6. The predicted molar refractivity (Wildman–Crippen MR) is 69.1 cm³/mol. The smallest absolute Gasteiger partial charge is 0.271 e. The van der Waals surface area contributed by atoms with E-state index < -0.39 is 0 Å². The monoisotopic (exact) mass is 292 g/mol. The van der Waals surface area contributed by atoms with Crippen molar-refractivity contribution in [1.29, 1.82) is 0 Å². The lowest BCUT2D eigenvalue weighted by atomic mass is 10.3. The molecule has 0 aromatic carbocycles. The number of nitrogens with one attached hydrogen (secondary N) is 1. The molecule has 0 radical (unpaired) electrons. The Labute approximate surface area is 115 Å². The second-order valence-corrected chi connectivity index (χ2v) is 4.20. The van der Waals surface area contributed by atoms with E-state index in [1.54, 1.807) is 0 Å². The van der Waals surface area contributed by atoms with Crippen molar-refractivity contribution >= 4 is 29.1 Å². The van der Waals surface area contributed by atoms with Crippen LogP contribution in [0.2, 0.25) is 10.2 Å². The maximum absolute atomic E-state index is 11.7. The van der Waals surface area contributed by atoms with Crippen LogP contribution in [-0.4, -0.2) is 42.4 Å². The van der Waals surface area contributed by atoms with Gasteiger partial charge in [-0.3, -0.25) is 4.79 Å². The van der Waals surface area contributed by atoms with Crippen molar-refractivity contribution in [2.45, 2.75) is 6.42 Å². The molecule has 100 valence electrons. The van der Waals surface area contributed by atoms with Crippen molar-refractivity contribution < 1.29 is 14.6 Å². The van der Waals surface area contributed by atoms with Gasteiger partial charge in [0.05, 0.1) is 18.2 Å². The van der Waals surface area contributed by atoms with Crippen LogP contribution >= 0.6 is 23.2 Å². The third-order valence-corrected chi connectivity index (χ3v) is 2.53. The minimum atomic E-state index is -0.371. The number of aliphatic hydroxyl groups excluding tert-OH is 1. The Hall–Kier alpha value is -0.880. The molecule has 1 amide bonds. The predicted octanol–water partition coefficient (Wildman–Crippen LogP) is 1.52. The number of nitrogens with zero attached hydrogens (tertiary/aromatic N) is 1. The molecule has 1 heterocycles. The molecular weight excluding hydrogens is 279 g/mol. The first kappa shape index (κ1) is 15.2. The van der Waals surface area contributed by atoms with E-state index in [9.17, 15) is 4.79 Å². The number of carbonyl (C=O) groups excluding carboxylic acids is 1. The van der Waals surface area contributed by atoms with Crippen molar-refractivity contribution in [3.8, 4) is 0 Å². The zero-order valence-corrected chi connectivity index (χ0v) is 11.2. The molecule has 0 aliphatic heterocycles. The topological polar surface area (TPSA) is 71.5 Å². The van der Waals surface area contributed by atoms with Gasteiger partial charge in [-0.05, 0) is 18.6 Å². The van der Waals surface area contributed by atoms with Crippen LogP contribution in [0.15, 0.2) is 12.1 Å². The van der Waals surface area contributed by atoms with Crippen LogP contribution in [0.4, 0.5) is 0 Å². The van der Waals surface area contributed by atoms with E-state index in [2.05, 4.69) is 10.3 Å². The zero-order valence-electron chi connectivity index (χ0n) is 9.66. The number of aliphatic hydroxyl groups is 1. The molecule has 0 aliphatic rings. The van der Waals surface area contributed by atoms with Gasteiger partial charge in [-0.15, -0.1) is 0 Å². The van der Waals surface area contributed by atoms with Gasteiger partial charge >= 0.3 is 0 Å². The van der Waals surface area contributed by atoms with Crippen LogP contribution in [0.25, 0.3) is 0 Å². The van der Waals surface area contributed by atoms with Gasteiger partial charge in [0.25, 0.3) is 5.91 Å². The number of hydrogen-bond donors (Lipinski definition) is 2. The van der Waals surface area contributed by atoms with Crippen molar-refractivity contribution in [1.82, 2.24) is 10.3 Å². The van der Waals surface area contributed by atoms with Crippen molar-refractivity contribution in [3.63, 3.8) is 0 Å². The van der Waals surface area contributed by atoms with Gasteiger partial charge in [0.2, 0.25) is 0 Å². The first-order valence-electron chi connectivity index (χ1n) is 5.44. The van der Waals surface area contributed by atoms with Gasteiger partial charge < -0.3 is 15.2 Å². The summed E-state index contributed by atoms with van der Waals surface area (Å²) >= 11 is 11.5. The molecule has 7 heteroatoms. The first-order valence-corrected chi connectivity index (χ1v) is 6.19. The zero-order chi connectivity index (χ0) is 13.4.